The third-order valence-corrected chi connectivity index (χ3v) is 8.32. The van der Waals surface area contributed by atoms with Gasteiger partial charge >= 0.3 is 0 Å². The molecule has 2 N–H and O–H groups in total. The molecule has 0 bridgehead atoms. The molecule has 0 saturated carbocycles. The van der Waals surface area contributed by atoms with Crippen molar-refractivity contribution in [2.45, 2.75) is 91.1 Å². The summed E-state index contributed by atoms with van der Waals surface area (Å²) in [4.78, 5) is 5.40. The average Bonchev–Trinajstić information content (AvgIpc) is 2.95. The van der Waals surface area contributed by atoms with Gasteiger partial charge in [0.1, 0.15) is 0 Å². The molecule has 1 aromatic heterocycles. The summed E-state index contributed by atoms with van der Waals surface area (Å²) in [7, 11) is 0. The minimum Gasteiger partial charge on any atom is -0.382 e. The van der Waals surface area contributed by atoms with Gasteiger partial charge < -0.3 is 10.6 Å². The zero-order valence-electron chi connectivity index (χ0n) is 25.3. The molecule has 2 atom stereocenters. The van der Waals surface area contributed by atoms with Crippen LogP contribution in [0, 0.1) is 0 Å². The molecule has 3 aromatic carbocycles. The van der Waals surface area contributed by atoms with Crippen molar-refractivity contribution in [3.8, 4) is 11.3 Å². The predicted molar refractivity (Wildman–Crippen MR) is 172 cm³/mol. The van der Waals surface area contributed by atoms with E-state index in [-0.39, 0.29) is 6.04 Å². The van der Waals surface area contributed by atoms with Gasteiger partial charge in [-0.2, -0.15) is 0 Å². The topological polar surface area (TPSA) is 37.0 Å². The summed E-state index contributed by atoms with van der Waals surface area (Å²) in [5.41, 5.74) is 12.5. The summed E-state index contributed by atoms with van der Waals surface area (Å²) in [6.07, 6.45) is 2.27. The first-order chi connectivity index (χ1) is 19.2. The third-order valence-electron chi connectivity index (χ3n) is 8.32. The lowest BCUT2D eigenvalue weighted by molar-refractivity contribution is 0.681. The average molecular weight is 532 g/mol. The molecule has 40 heavy (non-hydrogen) atoms. The number of hydrogen-bond donors (Lipinski definition) is 2. The summed E-state index contributed by atoms with van der Waals surface area (Å²) in [5, 5.41) is 7.83. The van der Waals surface area contributed by atoms with Gasteiger partial charge in [0.05, 0.1) is 17.4 Å². The lowest BCUT2D eigenvalue weighted by Gasteiger charge is -2.29. The van der Waals surface area contributed by atoms with Crippen LogP contribution >= 0.6 is 0 Å². The summed E-state index contributed by atoms with van der Waals surface area (Å²) in [6, 6.07) is 29.2. The van der Waals surface area contributed by atoms with E-state index in [4.69, 9.17) is 4.98 Å². The third kappa shape index (κ3) is 5.66. The SMILES string of the molecule is CC1CCc2cccc(-c3cccc(C(Nc4c(C(C)C)cccc4C(C)C)c4ccccc4C(C)C)n3)c2N1. The fraction of sp³-hybridized carbons (Fsp3) is 0.378. The molecule has 3 nitrogen and oxygen atoms in total. The lowest BCUT2D eigenvalue weighted by Crippen LogP contribution is -2.22. The van der Waals surface area contributed by atoms with E-state index in [9.17, 15) is 0 Å². The molecular weight excluding hydrogens is 486 g/mol. The number of pyridine rings is 1. The number of rotatable bonds is 8. The van der Waals surface area contributed by atoms with E-state index in [1.165, 1.54) is 44.8 Å². The number of para-hydroxylation sites is 2. The molecule has 1 aliphatic rings. The molecule has 4 aromatic rings. The Morgan fingerprint density at radius 3 is 1.98 bits per heavy atom. The van der Waals surface area contributed by atoms with Crippen LogP contribution in [-0.2, 0) is 6.42 Å². The molecular formula is C37H45N3. The van der Waals surface area contributed by atoms with E-state index in [1.54, 1.807) is 0 Å². The van der Waals surface area contributed by atoms with E-state index in [0.717, 1.165) is 24.2 Å². The van der Waals surface area contributed by atoms with Crippen LogP contribution in [-0.4, -0.2) is 11.0 Å². The van der Waals surface area contributed by atoms with Gasteiger partial charge in [0.15, 0.2) is 0 Å². The van der Waals surface area contributed by atoms with Crippen LogP contribution in [0.1, 0.15) is 112 Å². The fourth-order valence-electron chi connectivity index (χ4n) is 6.12. The van der Waals surface area contributed by atoms with Crippen LogP contribution in [0.4, 0.5) is 11.4 Å². The highest BCUT2D eigenvalue weighted by molar-refractivity contribution is 5.79. The van der Waals surface area contributed by atoms with Crippen molar-refractivity contribution in [2.75, 3.05) is 10.6 Å². The lowest BCUT2D eigenvalue weighted by atomic mass is 9.88. The first kappa shape index (κ1) is 28.0. The summed E-state index contributed by atoms with van der Waals surface area (Å²) in [6.45, 7) is 16.0. The maximum absolute atomic E-state index is 5.40. The van der Waals surface area contributed by atoms with Gasteiger partial charge in [-0.15, -0.1) is 0 Å². The quantitative estimate of drug-likeness (QED) is 0.237. The largest absolute Gasteiger partial charge is 0.382 e. The van der Waals surface area contributed by atoms with Crippen LogP contribution < -0.4 is 10.6 Å². The van der Waals surface area contributed by atoms with E-state index in [2.05, 4.69) is 138 Å². The first-order valence-corrected chi connectivity index (χ1v) is 15.1. The maximum Gasteiger partial charge on any atom is 0.0943 e. The Balaban J connectivity index is 1.68. The summed E-state index contributed by atoms with van der Waals surface area (Å²) >= 11 is 0. The normalized spacial score (nSPS) is 15.7. The van der Waals surface area contributed by atoms with Gasteiger partial charge in [-0.25, -0.2) is 0 Å². The zero-order valence-corrected chi connectivity index (χ0v) is 25.3. The number of nitrogens with zero attached hydrogens (tertiary/aromatic N) is 1. The number of fused-ring (bicyclic) bond motifs is 1. The fourth-order valence-corrected chi connectivity index (χ4v) is 6.12. The molecule has 5 rings (SSSR count). The minimum absolute atomic E-state index is 0.0811. The van der Waals surface area contributed by atoms with Gasteiger partial charge in [0, 0.05) is 23.0 Å². The van der Waals surface area contributed by atoms with Crippen LogP contribution in [0.2, 0.25) is 0 Å². The van der Waals surface area contributed by atoms with E-state index >= 15 is 0 Å². The molecule has 0 spiro atoms. The van der Waals surface area contributed by atoms with Crippen LogP contribution in [0.3, 0.4) is 0 Å². The van der Waals surface area contributed by atoms with Crippen molar-refractivity contribution in [3.05, 3.63) is 112 Å². The molecule has 2 unspecified atom stereocenters. The molecule has 0 saturated heterocycles. The van der Waals surface area contributed by atoms with Gasteiger partial charge in [0.2, 0.25) is 0 Å². The zero-order chi connectivity index (χ0) is 28.4. The highest BCUT2D eigenvalue weighted by Crippen LogP contribution is 2.40. The molecule has 0 aliphatic carbocycles. The van der Waals surface area contributed by atoms with Crippen molar-refractivity contribution in [1.29, 1.82) is 0 Å². The van der Waals surface area contributed by atoms with Gasteiger partial charge in [-0.3, -0.25) is 4.98 Å². The van der Waals surface area contributed by atoms with Crippen molar-refractivity contribution in [3.63, 3.8) is 0 Å². The predicted octanol–water partition coefficient (Wildman–Crippen LogP) is 10.1. The van der Waals surface area contributed by atoms with Crippen molar-refractivity contribution >= 4 is 11.4 Å². The Morgan fingerprint density at radius 1 is 0.700 bits per heavy atom. The van der Waals surface area contributed by atoms with E-state index in [1.807, 2.05) is 0 Å². The number of aryl methyl sites for hydroxylation is 1. The Kier molecular flexibility index (Phi) is 8.30. The smallest absolute Gasteiger partial charge is 0.0943 e. The Labute approximate surface area is 241 Å². The van der Waals surface area contributed by atoms with Crippen LogP contribution in [0.5, 0.6) is 0 Å². The Morgan fingerprint density at radius 2 is 1.30 bits per heavy atom. The number of anilines is 2. The monoisotopic (exact) mass is 531 g/mol. The van der Waals surface area contributed by atoms with Gasteiger partial charge in [0.25, 0.3) is 0 Å². The standard InChI is InChI=1S/C37H45N3/c1-23(2)28-14-8-9-15-31(28)37(40-36-29(24(3)4)16-11-17-30(36)25(5)6)34-20-12-19-33(39-34)32-18-10-13-27-22-21-26(7)38-35(27)32/h8-20,23-26,37-38,40H,21-22H2,1-7H3. The Bertz CT molecular complexity index is 1440. The van der Waals surface area contributed by atoms with Crippen LogP contribution in [0.15, 0.2) is 78.9 Å². The summed E-state index contributed by atoms with van der Waals surface area (Å²) < 4.78 is 0. The second-order valence-electron chi connectivity index (χ2n) is 12.4. The summed E-state index contributed by atoms with van der Waals surface area (Å²) in [5.74, 6) is 1.22. The number of benzene rings is 3. The number of aromatic nitrogens is 1. The van der Waals surface area contributed by atoms with E-state index in [0.29, 0.717) is 23.8 Å². The molecule has 0 radical (unpaired) electrons. The molecule has 0 fully saturated rings. The molecule has 208 valence electrons. The molecule has 3 heteroatoms. The molecule has 0 amide bonds. The van der Waals surface area contributed by atoms with Crippen LogP contribution in [0.25, 0.3) is 11.3 Å². The first-order valence-electron chi connectivity index (χ1n) is 15.1. The minimum atomic E-state index is -0.0811. The molecule has 2 heterocycles. The number of hydrogen-bond acceptors (Lipinski definition) is 3. The van der Waals surface area contributed by atoms with Crippen molar-refractivity contribution in [1.82, 2.24) is 4.98 Å². The van der Waals surface area contributed by atoms with Crippen molar-refractivity contribution in [2.24, 2.45) is 0 Å². The second kappa shape index (κ2) is 11.9. The van der Waals surface area contributed by atoms with Gasteiger partial charge in [-0.1, -0.05) is 108 Å². The number of nitrogens with one attached hydrogen (secondary N) is 2. The van der Waals surface area contributed by atoms with Crippen molar-refractivity contribution < 1.29 is 0 Å². The highest BCUT2D eigenvalue weighted by Gasteiger charge is 2.25. The van der Waals surface area contributed by atoms with Gasteiger partial charge in [-0.05, 0) is 77.5 Å². The Hall–Kier alpha value is -3.59. The molecule has 1 aliphatic heterocycles. The maximum atomic E-state index is 5.40. The second-order valence-corrected chi connectivity index (χ2v) is 12.4. The highest BCUT2D eigenvalue weighted by atomic mass is 15.0. The van der Waals surface area contributed by atoms with E-state index < -0.39 is 0 Å².